The number of hydrogen-bond donors (Lipinski definition) is 0. The maximum atomic E-state index is 10.9. The molecule has 0 amide bonds. The third-order valence-corrected chi connectivity index (χ3v) is 2.70. The van der Waals surface area contributed by atoms with Crippen LogP contribution in [-0.4, -0.2) is 6.29 Å². The second-order valence-electron chi connectivity index (χ2n) is 3.50. The van der Waals surface area contributed by atoms with E-state index < -0.39 is 0 Å². The first-order chi connectivity index (χ1) is 6.11. The first kappa shape index (κ1) is 9.97. The summed E-state index contributed by atoms with van der Waals surface area (Å²) >= 11 is 0. The van der Waals surface area contributed by atoms with E-state index in [9.17, 15) is 4.79 Å². The fraction of sp³-hybridized carbons (Fsp3) is 0.417. The molecule has 0 spiro atoms. The van der Waals surface area contributed by atoms with Gasteiger partial charge in [-0.1, -0.05) is 13.0 Å². The summed E-state index contributed by atoms with van der Waals surface area (Å²) in [6.07, 6.45) is 1.91. The molecular weight excluding hydrogens is 160 g/mol. The van der Waals surface area contributed by atoms with Gasteiger partial charge in [0.1, 0.15) is 0 Å². The maximum absolute atomic E-state index is 10.9. The molecule has 1 aromatic carbocycles. The van der Waals surface area contributed by atoms with Crippen molar-refractivity contribution in [2.45, 2.75) is 34.1 Å². The molecule has 0 atom stereocenters. The minimum atomic E-state index is 0.889. The van der Waals surface area contributed by atoms with Crippen molar-refractivity contribution in [2.75, 3.05) is 0 Å². The fourth-order valence-electron chi connectivity index (χ4n) is 1.80. The van der Waals surface area contributed by atoms with Gasteiger partial charge >= 0.3 is 0 Å². The van der Waals surface area contributed by atoms with Crippen molar-refractivity contribution in [3.8, 4) is 0 Å². The van der Waals surface area contributed by atoms with Gasteiger partial charge in [-0.2, -0.15) is 0 Å². The van der Waals surface area contributed by atoms with E-state index in [1.165, 1.54) is 16.7 Å². The first-order valence-electron chi connectivity index (χ1n) is 4.66. The summed E-state index contributed by atoms with van der Waals surface area (Å²) in [5.74, 6) is 0. The second-order valence-corrected chi connectivity index (χ2v) is 3.50. The van der Waals surface area contributed by atoms with E-state index in [2.05, 4.69) is 26.8 Å². The highest BCUT2D eigenvalue weighted by Gasteiger charge is 2.08. The molecule has 0 heterocycles. The van der Waals surface area contributed by atoms with Crippen molar-refractivity contribution in [3.05, 3.63) is 33.9 Å². The second kappa shape index (κ2) is 3.73. The largest absolute Gasteiger partial charge is 0.298 e. The lowest BCUT2D eigenvalue weighted by Gasteiger charge is -2.12. The Balaban J connectivity index is 3.50. The van der Waals surface area contributed by atoms with Gasteiger partial charge in [0.05, 0.1) is 0 Å². The smallest absolute Gasteiger partial charge is 0.150 e. The van der Waals surface area contributed by atoms with Gasteiger partial charge in [-0.05, 0) is 49.4 Å². The molecule has 0 bridgehead atoms. The minimum absolute atomic E-state index is 0.889. The first-order valence-corrected chi connectivity index (χ1v) is 4.66. The lowest BCUT2D eigenvalue weighted by atomic mass is 9.93. The van der Waals surface area contributed by atoms with Gasteiger partial charge < -0.3 is 0 Å². The number of carbonyl (C=O) groups is 1. The number of aryl methyl sites for hydroxylation is 2. The van der Waals surface area contributed by atoms with E-state index in [-0.39, 0.29) is 0 Å². The van der Waals surface area contributed by atoms with Crippen LogP contribution in [0, 0.1) is 20.8 Å². The summed E-state index contributed by atoms with van der Waals surface area (Å²) in [6, 6.07) is 2.15. The van der Waals surface area contributed by atoms with Crippen molar-refractivity contribution in [3.63, 3.8) is 0 Å². The van der Waals surface area contributed by atoms with Crippen LogP contribution in [0.2, 0.25) is 0 Å². The quantitative estimate of drug-likeness (QED) is 0.633. The molecule has 0 fully saturated rings. The molecule has 0 saturated heterocycles. The van der Waals surface area contributed by atoms with E-state index in [0.29, 0.717) is 0 Å². The Hall–Kier alpha value is -1.11. The number of benzene rings is 1. The van der Waals surface area contributed by atoms with Crippen molar-refractivity contribution in [1.82, 2.24) is 0 Å². The molecule has 13 heavy (non-hydrogen) atoms. The number of carbonyl (C=O) groups excluding carboxylic acids is 1. The van der Waals surface area contributed by atoms with Gasteiger partial charge in [0.15, 0.2) is 6.29 Å². The minimum Gasteiger partial charge on any atom is -0.298 e. The van der Waals surface area contributed by atoms with Gasteiger partial charge in [0, 0.05) is 5.56 Å². The van der Waals surface area contributed by atoms with E-state index >= 15 is 0 Å². The standard InChI is InChI=1S/C12H16O/c1-5-11-9(3)6-8(2)10(4)12(11)7-13/h6-7H,5H2,1-4H3. The summed E-state index contributed by atoms with van der Waals surface area (Å²) in [5.41, 5.74) is 5.64. The molecule has 0 N–H and O–H groups in total. The Labute approximate surface area is 79.8 Å². The lowest BCUT2D eigenvalue weighted by Crippen LogP contribution is -2.00. The zero-order chi connectivity index (χ0) is 10.0. The predicted molar refractivity (Wildman–Crippen MR) is 55.4 cm³/mol. The number of rotatable bonds is 2. The third kappa shape index (κ3) is 1.64. The molecular formula is C12H16O. The molecule has 0 unspecified atom stereocenters. The number of hydrogen-bond acceptors (Lipinski definition) is 1. The molecule has 1 rings (SSSR count). The highest BCUT2D eigenvalue weighted by atomic mass is 16.1. The summed E-state index contributed by atoms with van der Waals surface area (Å²) in [5, 5.41) is 0. The molecule has 0 aliphatic carbocycles. The van der Waals surface area contributed by atoms with Gasteiger partial charge in [0.25, 0.3) is 0 Å². The molecule has 0 aromatic heterocycles. The van der Waals surface area contributed by atoms with Gasteiger partial charge in [-0.25, -0.2) is 0 Å². The maximum Gasteiger partial charge on any atom is 0.150 e. The average molecular weight is 176 g/mol. The third-order valence-electron chi connectivity index (χ3n) is 2.70. The normalized spacial score (nSPS) is 10.2. The fourth-order valence-corrected chi connectivity index (χ4v) is 1.80. The highest BCUT2D eigenvalue weighted by Crippen LogP contribution is 2.21. The van der Waals surface area contributed by atoms with E-state index in [1.807, 2.05) is 6.92 Å². The Kier molecular flexibility index (Phi) is 2.86. The molecule has 70 valence electrons. The van der Waals surface area contributed by atoms with E-state index in [1.54, 1.807) is 0 Å². The van der Waals surface area contributed by atoms with Crippen LogP contribution in [0.3, 0.4) is 0 Å². The average Bonchev–Trinajstić information content (AvgIpc) is 2.10. The van der Waals surface area contributed by atoms with Crippen LogP contribution in [0.4, 0.5) is 0 Å². The van der Waals surface area contributed by atoms with Crippen LogP contribution < -0.4 is 0 Å². The summed E-state index contributed by atoms with van der Waals surface area (Å²) in [7, 11) is 0. The van der Waals surface area contributed by atoms with Crippen LogP contribution in [-0.2, 0) is 6.42 Å². The molecule has 0 radical (unpaired) electrons. The Morgan fingerprint density at radius 3 is 2.31 bits per heavy atom. The Morgan fingerprint density at radius 2 is 1.85 bits per heavy atom. The molecule has 0 aliphatic heterocycles. The molecule has 1 aromatic rings. The molecule has 0 aliphatic rings. The monoisotopic (exact) mass is 176 g/mol. The summed E-state index contributed by atoms with van der Waals surface area (Å²) < 4.78 is 0. The molecule has 1 nitrogen and oxygen atoms in total. The zero-order valence-corrected chi connectivity index (χ0v) is 8.77. The summed E-state index contributed by atoms with van der Waals surface area (Å²) in [4.78, 5) is 10.9. The molecule has 0 saturated carbocycles. The topological polar surface area (TPSA) is 17.1 Å². The zero-order valence-electron chi connectivity index (χ0n) is 8.77. The Bertz CT molecular complexity index is 337. The lowest BCUT2D eigenvalue weighted by molar-refractivity contribution is 0.112. The highest BCUT2D eigenvalue weighted by molar-refractivity contribution is 5.81. The van der Waals surface area contributed by atoms with Gasteiger partial charge in [0.2, 0.25) is 0 Å². The van der Waals surface area contributed by atoms with Crippen molar-refractivity contribution in [1.29, 1.82) is 0 Å². The van der Waals surface area contributed by atoms with E-state index in [0.717, 1.165) is 23.8 Å². The van der Waals surface area contributed by atoms with Crippen LogP contribution in [0.25, 0.3) is 0 Å². The Morgan fingerprint density at radius 1 is 1.23 bits per heavy atom. The van der Waals surface area contributed by atoms with Crippen LogP contribution in [0.5, 0.6) is 0 Å². The van der Waals surface area contributed by atoms with E-state index in [4.69, 9.17) is 0 Å². The van der Waals surface area contributed by atoms with Crippen LogP contribution in [0.1, 0.15) is 39.5 Å². The predicted octanol–water partition coefficient (Wildman–Crippen LogP) is 2.99. The summed E-state index contributed by atoms with van der Waals surface area (Å²) in [6.45, 7) is 8.22. The van der Waals surface area contributed by atoms with Crippen LogP contribution >= 0.6 is 0 Å². The SMILES string of the molecule is CCc1c(C)cc(C)c(C)c1C=O. The number of aldehydes is 1. The van der Waals surface area contributed by atoms with Gasteiger partial charge in [-0.3, -0.25) is 4.79 Å². The van der Waals surface area contributed by atoms with Crippen molar-refractivity contribution >= 4 is 6.29 Å². The molecule has 1 heteroatoms. The van der Waals surface area contributed by atoms with Crippen LogP contribution in [0.15, 0.2) is 6.07 Å². The van der Waals surface area contributed by atoms with Crippen molar-refractivity contribution < 1.29 is 4.79 Å². The van der Waals surface area contributed by atoms with Gasteiger partial charge in [-0.15, -0.1) is 0 Å². The van der Waals surface area contributed by atoms with Crippen molar-refractivity contribution in [2.24, 2.45) is 0 Å².